The van der Waals surface area contributed by atoms with Crippen molar-refractivity contribution in [2.24, 2.45) is 0 Å². The van der Waals surface area contributed by atoms with Gasteiger partial charge < -0.3 is 19.5 Å². The van der Waals surface area contributed by atoms with Crippen molar-refractivity contribution < 1.29 is 37.0 Å². The predicted octanol–water partition coefficient (Wildman–Crippen LogP) is 5.96. The summed E-state index contributed by atoms with van der Waals surface area (Å²) < 4.78 is 58.6. The molecular weight excluding hydrogens is 489 g/mol. The number of anilines is 1. The molecule has 0 aliphatic carbocycles. The first-order chi connectivity index (χ1) is 17.8. The Kier molecular flexibility index (Phi) is 7.47. The van der Waals surface area contributed by atoms with Gasteiger partial charge in [0.1, 0.15) is 29.0 Å². The summed E-state index contributed by atoms with van der Waals surface area (Å²) in [6.07, 6.45) is -0.705. The molecule has 37 heavy (non-hydrogen) atoms. The number of methoxy groups -OCH3 is 2. The van der Waals surface area contributed by atoms with Crippen LogP contribution in [0.2, 0.25) is 0 Å². The minimum absolute atomic E-state index is 0.150. The fraction of sp³-hybridized carbons (Fsp3) is 0.111. The van der Waals surface area contributed by atoms with Crippen LogP contribution in [0.25, 0.3) is 10.8 Å². The zero-order valence-corrected chi connectivity index (χ0v) is 19.7. The van der Waals surface area contributed by atoms with Gasteiger partial charge in [0.2, 0.25) is 5.91 Å². The number of fused-ring (bicyclic) bond motifs is 1. The molecule has 7 nitrogen and oxygen atoms in total. The molecule has 2 N–H and O–H groups in total. The molecule has 0 aliphatic heterocycles. The van der Waals surface area contributed by atoms with Gasteiger partial charge in [-0.25, -0.2) is 18.0 Å². The van der Waals surface area contributed by atoms with Crippen molar-refractivity contribution in [1.29, 1.82) is 0 Å². The van der Waals surface area contributed by atoms with Crippen molar-refractivity contribution in [2.45, 2.75) is 6.42 Å². The molecule has 0 bridgehead atoms. The predicted molar refractivity (Wildman–Crippen MR) is 131 cm³/mol. The molecule has 0 fully saturated rings. The van der Waals surface area contributed by atoms with Crippen LogP contribution < -0.4 is 24.8 Å². The zero-order valence-electron chi connectivity index (χ0n) is 19.7. The largest absolute Gasteiger partial charge is 0.493 e. The summed E-state index contributed by atoms with van der Waals surface area (Å²) in [6, 6.07) is 14.7. The number of imide groups is 1. The summed E-state index contributed by atoms with van der Waals surface area (Å²) in [5.41, 5.74) is -0.718. The van der Waals surface area contributed by atoms with E-state index >= 15 is 0 Å². The number of ether oxygens (including phenoxy) is 3. The van der Waals surface area contributed by atoms with E-state index in [4.69, 9.17) is 14.2 Å². The Morgan fingerprint density at radius 2 is 1.46 bits per heavy atom. The highest BCUT2D eigenvalue weighted by Crippen LogP contribution is 2.38. The molecule has 0 atom stereocenters. The molecule has 3 amide bonds. The fourth-order valence-electron chi connectivity index (χ4n) is 3.64. The zero-order chi connectivity index (χ0) is 26.5. The minimum Gasteiger partial charge on any atom is -0.493 e. The van der Waals surface area contributed by atoms with Crippen LogP contribution in [0.1, 0.15) is 5.56 Å². The van der Waals surface area contributed by atoms with Crippen LogP contribution in [0.4, 0.5) is 23.7 Å². The van der Waals surface area contributed by atoms with Crippen LogP contribution in [0.15, 0.2) is 66.7 Å². The van der Waals surface area contributed by atoms with Gasteiger partial charge in [0, 0.05) is 17.0 Å². The molecule has 0 heterocycles. The number of rotatable bonds is 7. The van der Waals surface area contributed by atoms with E-state index < -0.39 is 41.4 Å². The van der Waals surface area contributed by atoms with Crippen molar-refractivity contribution in [3.05, 3.63) is 89.7 Å². The second-order valence-electron chi connectivity index (χ2n) is 7.81. The molecule has 0 aromatic heterocycles. The summed E-state index contributed by atoms with van der Waals surface area (Å²) >= 11 is 0. The standard InChI is InChI=1S/C27H21F3N2O5/c1-35-24-11-15-5-3-8-23(17(15)13-25(24)36-2)37-16-9-10-22(21(30)12-16)31-27(34)32-26(33)14-18-19(28)6-4-7-20(18)29/h3-13H,14H2,1-2H3,(H2,31,32,33,34). The number of amides is 3. The van der Waals surface area contributed by atoms with Gasteiger partial charge in [0.15, 0.2) is 11.5 Å². The Hall–Kier alpha value is -4.73. The molecule has 4 rings (SSSR count). The first-order valence-electron chi connectivity index (χ1n) is 10.9. The SMILES string of the molecule is COc1cc2cccc(Oc3ccc(NC(=O)NC(=O)Cc4c(F)cccc4F)c(F)c3)c2cc1OC. The number of carbonyl (C=O) groups excluding carboxylic acids is 2. The van der Waals surface area contributed by atoms with Crippen LogP contribution in [-0.4, -0.2) is 26.2 Å². The molecule has 0 saturated heterocycles. The Morgan fingerprint density at radius 3 is 2.14 bits per heavy atom. The third-order valence-electron chi connectivity index (χ3n) is 5.41. The smallest absolute Gasteiger partial charge is 0.325 e. The molecular formula is C27H21F3N2O5. The molecule has 190 valence electrons. The molecule has 0 spiro atoms. The van der Waals surface area contributed by atoms with E-state index in [-0.39, 0.29) is 11.4 Å². The molecule has 0 radical (unpaired) electrons. The monoisotopic (exact) mass is 510 g/mol. The van der Waals surface area contributed by atoms with E-state index in [2.05, 4.69) is 5.32 Å². The lowest BCUT2D eigenvalue weighted by atomic mass is 10.1. The molecule has 10 heteroatoms. The Bertz CT molecular complexity index is 1470. The highest BCUT2D eigenvalue weighted by Gasteiger charge is 2.17. The van der Waals surface area contributed by atoms with Crippen LogP contribution in [-0.2, 0) is 11.2 Å². The van der Waals surface area contributed by atoms with E-state index in [0.29, 0.717) is 22.6 Å². The Labute approximate surface area is 209 Å². The average molecular weight is 510 g/mol. The third-order valence-corrected chi connectivity index (χ3v) is 5.41. The molecule has 0 unspecified atom stereocenters. The molecule has 4 aromatic rings. The number of urea groups is 1. The van der Waals surface area contributed by atoms with Crippen LogP contribution in [0.5, 0.6) is 23.0 Å². The lowest BCUT2D eigenvalue weighted by molar-refractivity contribution is -0.119. The van der Waals surface area contributed by atoms with E-state index in [1.807, 2.05) is 11.4 Å². The third kappa shape index (κ3) is 5.75. The van der Waals surface area contributed by atoms with Gasteiger partial charge in [0.25, 0.3) is 0 Å². The normalized spacial score (nSPS) is 10.6. The van der Waals surface area contributed by atoms with Crippen molar-refractivity contribution in [3.63, 3.8) is 0 Å². The lowest BCUT2D eigenvalue weighted by Gasteiger charge is -2.13. The summed E-state index contributed by atoms with van der Waals surface area (Å²) in [5, 5.41) is 5.61. The maximum absolute atomic E-state index is 14.7. The van der Waals surface area contributed by atoms with Gasteiger partial charge in [-0.2, -0.15) is 0 Å². The van der Waals surface area contributed by atoms with E-state index in [1.54, 1.807) is 24.3 Å². The maximum Gasteiger partial charge on any atom is 0.325 e. The molecule has 0 aliphatic rings. The average Bonchev–Trinajstić information content (AvgIpc) is 2.87. The van der Waals surface area contributed by atoms with E-state index in [1.165, 1.54) is 26.4 Å². The first-order valence-corrected chi connectivity index (χ1v) is 10.9. The number of carbonyl (C=O) groups is 2. The Morgan fingerprint density at radius 1 is 0.784 bits per heavy atom. The van der Waals surface area contributed by atoms with Gasteiger partial charge in [-0.05, 0) is 47.9 Å². The number of benzene rings is 4. The number of hydrogen-bond donors (Lipinski definition) is 2. The highest BCUT2D eigenvalue weighted by molar-refractivity contribution is 6.01. The van der Waals surface area contributed by atoms with Crippen molar-refractivity contribution in [3.8, 4) is 23.0 Å². The van der Waals surface area contributed by atoms with Gasteiger partial charge >= 0.3 is 6.03 Å². The molecule has 0 saturated carbocycles. The highest BCUT2D eigenvalue weighted by atomic mass is 19.1. The van der Waals surface area contributed by atoms with Gasteiger partial charge in [-0.1, -0.05) is 18.2 Å². The topological polar surface area (TPSA) is 85.9 Å². The van der Waals surface area contributed by atoms with Crippen molar-refractivity contribution >= 4 is 28.4 Å². The Balaban J connectivity index is 1.45. The quantitative estimate of drug-likeness (QED) is 0.321. The van der Waals surface area contributed by atoms with Gasteiger partial charge in [0.05, 0.1) is 26.3 Å². The first kappa shape index (κ1) is 25.4. The van der Waals surface area contributed by atoms with Gasteiger partial charge in [-0.15, -0.1) is 0 Å². The second-order valence-corrected chi connectivity index (χ2v) is 7.81. The van der Waals surface area contributed by atoms with E-state index in [0.717, 1.165) is 29.7 Å². The minimum atomic E-state index is -1.07. The van der Waals surface area contributed by atoms with Crippen LogP contribution >= 0.6 is 0 Å². The maximum atomic E-state index is 14.7. The summed E-state index contributed by atoms with van der Waals surface area (Å²) in [7, 11) is 3.04. The molecule has 4 aromatic carbocycles. The van der Waals surface area contributed by atoms with Crippen LogP contribution in [0.3, 0.4) is 0 Å². The van der Waals surface area contributed by atoms with Crippen molar-refractivity contribution in [1.82, 2.24) is 5.32 Å². The number of hydrogen-bond acceptors (Lipinski definition) is 5. The van der Waals surface area contributed by atoms with Crippen molar-refractivity contribution in [2.75, 3.05) is 19.5 Å². The van der Waals surface area contributed by atoms with E-state index in [9.17, 15) is 22.8 Å². The van der Waals surface area contributed by atoms with Crippen LogP contribution in [0, 0.1) is 17.5 Å². The number of halogens is 3. The summed E-state index contributed by atoms with van der Waals surface area (Å²) in [4.78, 5) is 24.1. The number of nitrogens with one attached hydrogen (secondary N) is 2. The summed E-state index contributed by atoms with van der Waals surface area (Å²) in [6.45, 7) is 0. The second kappa shape index (κ2) is 10.9. The fourth-order valence-corrected chi connectivity index (χ4v) is 3.64. The lowest BCUT2D eigenvalue weighted by Crippen LogP contribution is -2.35. The van der Waals surface area contributed by atoms with Gasteiger partial charge in [-0.3, -0.25) is 10.1 Å². The summed E-state index contributed by atoms with van der Waals surface area (Å²) in [5.74, 6) is -2.01.